The molecule has 19 heavy (non-hydrogen) atoms. The van der Waals surface area contributed by atoms with E-state index in [1.807, 2.05) is 0 Å². The lowest BCUT2D eigenvalue weighted by Gasteiger charge is -2.08. The molecule has 1 N–H and O–H groups in total. The molecule has 0 fully saturated rings. The number of fused-ring (bicyclic) bond motifs is 1. The minimum Gasteiger partial charge on any atom is -0.462 e. The number of aromatic nitrogens is 2. The highest BCUT2D eigenvalue weighted by Gasteiger charge is 2.16. The number of aliphatic hydroxyl groups excluding tert-OH is 1. The van der Waals surface area contributed by atoms with E-state index in [1.165, 1.54) is 6.20 Å². The summed E-state index contributed by atoms with van der Waals surface area (Å²) in [6.45, 7) is 1.61. The summed E-state index contributed by atoms with van der Waals surface area (Å²) in [5, 5.41) is 9.06. The predicted molar refractivity (Wildman–Crippen MR) is 68.9 cm³/mol. The molecule has 6 nitrogen and oxygen atoms in total. The van der Waals surface area contributed by atoms with Gasteiger partial charge >= 0.3 is 5.97 Å². The van der Waals surface area contributed by atoms with E-state index in [0.29, 0.717) is 11.2 Å². The van der Waals surface area contributed by atoms with Gasteiger partial charge in [0.15, 0.2) is 0 Å². The number of hydrogen-bond donors (Lipinski definition) is 1. The van der Waals surface area contributed by atoms with Crippen LogP contribution < -0.4 is 5.43 Å². The Balaban J connectivity index is 2.72. The molecule has 0 aliphatic carbocycles. The standard InChI is InChI=1S/C13H14N2O4/c1-3-19-13(18)9-6-15(2)10-5-4-8(7-16)14-11(10)12(9)17/h4-6,16H,3,7H2,1-2H3. The number of rotatable bonds is 3. The predicted octanol–water partition coefficient (Wildman–Crippen LogP) is 0.603. The van der Waals surface area contributed by atoms with Crippen LogP contribution >= 0.6 is 0 Å². The summed E-state index contributed by atoms with van der Waals surface area (Å²) in [6.07, 6.45) is 1.43. The summed E-state index contributed by atoms with van der Waals surface area (Å²) in [5.74, 6) is -0.666. The van der Waals surface area contributed by atoms with E-state index in [-0.39, 0.29) is 24.3 Å². The third kappa shape index (κ3) is 2.34. The molecular weight excluding hydrogens is 248 g/mol. The molecule has 0 aliphatic rings. The van der Waals surface area contributed by atoms with E-state index >= 15 is 0 Å². The summed E-state index contributed by atoms with van der Waals surface area (Å²) in [5.41, 5.74) is 0.585. The van der Waals surface area contributed by atoms with Crippen molar-refractivity contribution in [2.45, 2.75) is 13.5 Å². The van der Waals surface area contributed by atoms with Crippen LogP contribution in [0.3, 0.4) is 0 Å². The fraction of sp³-hybridized carbons (Fsp3) is 0.308. The van der Waals surface area contributed by atoms with Gasteiger partial charge in [0.05, 0.1) is 24.4 Å². The zero-order valence-electron chi connectivity index (χ0n) is 10.7. The molecular formula is C13H14N2O4. The number of aryl methyl sites for hydroxylation is 1. The van der Waals surface area contributed by atoms with Gasteiger partial charge in [-0.25, -0.2) is 9.78 Å². The van der Waals surface area contributed by atoms with Crippen molar-refractivity contribution < 1.29 is 14.6 Å². The van der Waals surface area contributed by atoms with Crippen molar-refractivity contribution in [2.24, 2.45) is 7.05 Å². The normalized spacial score (nSPS) is 10.7. The molecule has 2 heterocycles. The van der Waals surface area contributed by atoms with Gasteiger partial charge in [0, 0.05) is 13.2 Å². The highest BCUT2D eigenvalue weighted by Crippen LogP contribution is 2.10. The van der Waals surface area contributed by atoms with Gasteiger partial charge in [-0.1, -0.05) is 0 Å². The molecule has 0 spiro atoms. The van der Waals surface area contributed by atoms with Crippen LogP contribution in [0.2, 0.25) is 0 Å². The number of carbonyl (C=O) groups is 1. The number of esters is 1. The van der Waals surface area contributed by atoms with Crippen molar-refractivity contribution in [3.05, 3.63) is 39.8 Å². The molecule has 0 saturated heterocycles. The van der Waals surface area contributed by atoms with Crippen LogP contribution in [0.1, 0.15) is 23.0 Å². The van der Waals surface area contributed by atoms with Crippen LogP contribution in [-0.2, 0) is 18.4 Å². The molecule has 0 saturated carbocycles. The Kier molecular flexibility index (Phi) is 3.62. The van der Waals surface area contributed by atoms with Crippen molar-refractivity contribution in [1.82, 2.24) is 9.55 Å². The quantitative estimate of drug-likeness (QED) is 0.819. The van der Waals surface area contributed by atoms with Crippen molar-refractivity contribution in [3.63, 3.8) is 0 Å². The Bertz CT molecular complexity index is 691. The van der Waals surface area contributed by atoms with Gasteiger partial charge in [-0.15, -0.1) is 0 Å². The summed E-state index contributed by atoms with van der Waals surface area (Å²) < 4.78 is 6.48. The molecule has 0 aliphatic heterocycles. The Hall–Kier alpha value is -2.21. The molecule has 6 heteroatoms. The molecule has 2 rings (SSSR count). The fourth-order valence-corrected chi connectivity index (χ4v) is 1.84. The maximum atomic E-state index is 12.2. The Labute approximate surface area is 109 Å². The van der Waals surface area contributed by atoms with E-state index in [9.17, 15) is 9.59 Å². The first-order valence-corrected chi connectivity index (χ1v) is 5.85. The van der Waals surface area contributed by atoms with E-state index in [0.717, 1.165) is 0 Å². The van der Waals surface area contributed by atoms with Crippen molar-refractivity contribution in [2.75, 3.05) is 6.61 Å². The van der Waals surface area contributed by atoms with E-state index in [1.54, 1.807) is 30.7 Å². The molecule has 0 unspecified atom stereocenters. The van der Waals surface area contributed by atoms with Crippen LogP contribution in [0.25, 0.3) is 11.0 Å². The third-order valence-corrected chi connectivity index (χ3v) is 2.75. The minimum atomic E-state index is -0.666. The average molecular weight is 262 g/mol. The second-order valence-electron chi connectivity index (χ2n) is 4.03. The van der Waals surface area contributed by atoms with Crippen LogP contribution in [-0.4, -0.2) is 27.2 Å². The molecule has 0 amide bonds. The monoisotopic (exact) mass is 262 g/mol. The first-order valence-electron chi connectivity index (χ1n) is 5.85. The molecule has 0 atom stereocenters. The summed E-state index contributed by atoms with van der Waals surface area (Å²) in [6, 6.07) is 3.32. The fourth-order valence-electron chi connectivity index (χ4n) is 1.84. The lowest BCUT2D eigenvalue weighted by Crippen LogP contribution is -2.21. The second kappa shape index (κ2) is 5.19. The largest absolute Gasteiger partial charge is 0.462 e. The van der Waals surface area contributed by atoms with Crippen LogP contribution in [0, 0.1) is 0 Å². The highest BCUT2D eigenvalue weighted by molar-refractivity contribution is 5.92. The lowest BCUT2D eigenvalue weighted by molar-refractivity contribution is 0.0524. The third-order valence-electron chi connectivity index (χ3n) is 2.75. The van der Waals surface area contributed by atoms with Crippen LogP contribution in [0.15, 0.2) is 23.1 Å². The number of aliphatic hydroxyl groups is 1. The molecule has 2 aromatic rings. The molecule has 2 aromatic heterocycles. The SMILES string of the molecule is CCOC(=O)c1cn(C)c2ccc(CO)nc2c1=O. The Morgan fingerprint density at radius 1 is 1.47 bits per heavy atom. The van der Waals surface area contributed by atoms with Gasteiger partial charge in [0.25, 0.3) is 0 Å². The molecule has 0 aromatic carbocycles. The second-order valence-corrected chi connectivity index (χ2v) is 4.03. The molecule has 100 valence electrons. The number of hydrogen-bond acceptors (Lipinski definition) is 5. The summed E-state index contributed by atoms with van der Waals surface area (Å²) in [4.78, 5) is 28.0. The van der Waals surface area contributed by atoms with E-state index < -0.39 is 11.4 Å². The zero-order valence-corrected chi connectivity index (χ0v) is 10.7. The Morgan fingerprint density at radius 3 is 2.84 bits per heavy atom. The smallest absolute Gasteiger partial charge is 0.343 e. The van der Waals surface area contributed by atoms with Crippen molar-refractivity contribution >= 4 is 17.0 Å². The maximum absolute atomic E-state index is 12.2. The lowest BCUT2D eigenvalue weighted by atomic mass is 10.2. The number of carbonyl (C=O) groups excluding carboxylic acids is 1. The van der Waals surface area contributed by atoms with Crippen LogP contribution in [0.5, 0.6) is 0 Å². The first-order chi connectivity index (χ1) is 9.08. The summed E-state index contributed by atoms with van der Waals surface area (Å²) in [7, 11) is 1.71. The highest BCUT2D eigenvalue weighted by atomic mass is 16.5. The van der Waals surface area contributed by atoms with Gasteiger partial charge in [-0.05, 0) is 19.1 Å². The Morgan fingerprint density at radius 2 is 2.21 bits per heavy atom. The summed E-state index contributed by atoms with van der Waals surface area (Å²) >= 11 is 0. The van der Waals surface area contributed by atoms with E-state index in [4.69, 9.17) is 9.84 Å². The van der Waals surface area contributed by atoms with Gasteiger partial charge in [0.1, 0.15) is 11.1 Å². The maximum Gasteiger partial charge on any atom is 0.343 e. The number of pyridine rings is 2. The van der Waals surface area contributed by atoms with Gasteiger partial charge < -0.3 is 14.4 Å². The first kappa shape index (κ1) is 13.2. The van der Waals surface area contributed by atoms with Gasteiger partial charge in [-0.3, -0.25) is 4.79 Å². The average Bonchev–Trinajstić information content (AvgIpc) is 2.42. The number of nitrogens with zero attached hydrogens (tertiary/aromatic N) is 2. The topological polar surface area (TPSA) is 81.4 Å². The minimum absolute atomic E-state index is 0.0561. The van der Waals surface area contributed by atoms with Gasteiger partial charge in [-0.2, -0.15) is 0 Å². The van der Waals surface area contributed by atoms with Gasteiger partial charge in [0.2, 0.25) is 5.43 Å². The van der Waals surface area contributed by atoms with Crippen molar-refractivity contribution in [1.29, 1.82) is 0 Å². The molecule has 0 radical (unpaired) electrons. The van der Waals surface area contributed by atoms with Crippen LogP contribution in [0.4, 0.5) is 0 Å². The van der Waals surface area contributed by atoms with Crippen molar-refractivity contribution in [3.8, 4) is 0 Å². The number of ether oxygens (including phenoxy) is 1. The zero-order chi connectivity index (χ0) is 14.0. The van der Waals surface area contributed by atoms with E-state index in [2.05, 4.69) is 4.98 Å². The molecule has 0 bridgehead atoms.